The van der Waals surface area contributed by atoms with Gasteiger partial charge in [-0.1, -0.05) is 17.9 Å². The van der Waals surface area contributed by atoms with E-state index in [4.69, 9.17) is 12.8 Å². The van der Waals surface area contributed by atoms with E-state index >= 15 is 0 Å². The van der Waals surface area contributed by atoms with Crippen molar-refractivity contribution in [2.45, 2.75) is 45.4 Å². The monoisotopic (exact) mass is 259 g/mol. The zero-order valence-electron chi connectivity index (χ0n) is 12.6. The van der Waals surface area contributed by atoms with E-state index in [1.165, 1.54) is 0 Å². The smallest absolute Gasteiger partial charge is 0.105 e. The van der Waals surface area contributed by atoms with E-state index in [0.717, 1.165) is 0 Å². The second-order valence-electron chi connectivity index (χ2n) is 5.01. The number of hydrogen-bond acceptors (Lipinski definition) is 3. The van der Waals surface area contributed by atoms with Crippen LogP contribution < -0.4 is 5.32 Å². The van der Waals surface area contributed by atoms with Crippen LogP contribution in [0.15, 0.2) is 17.1 Å². The van der Waals surface area contributed by atoms with Gasteiger partial charge in [0.2, 0.25) is 0 Å². The van der Waals surface area contributed by atoms with Crippen molar-refractivity contribution in [1.29, 1.82) is 0 Å². The van der Waals surface area contributed by atoms with E-state index in [9.17, 15) is 0 Å². The summed E-state index contributed by atoms with van der Waals surface area (Å²) in [5.41, 5.74) is -0.415. The molecule has 0 aliphatic heterocycles. The molecule has 104 valence electrons. The lowest BCUT2D eigenvalue weighted by Gasteiger charge is -2.33. The third-order valence-electron chi connectivity index (χ3n) is 2.88. The van der Waals surface area contributed by atoms with Crippen LogP contribution in [0.5, 0.6) is 0 Å². The molecule has 0 rings (SSSR count). The Morgan fingerprint density at radius 3 is 2.53 bits per heavy atom. The van der Waals surface area contributed by atoms with Gasteiger partial charge in [0, 0.05) is 12.3 Å². The Bertz CT molecular complexity index is 393. The highest BCUT2D eigenvalue weighted by atomic mass is 15.2. The molecule has 3 heteroatoms. The Hall–Kier alpha value is -1.55. The fourth-order valence-electron chi connectivity index (χ4n) is 1.58. The third kappa shape index (κ3) is 6.82. The molecule has 0 fully saturated rings. The lowest BCUT2D eigenvalue weighted by atomic mass is 10.1. The molecular formula is C16H25N3. The fourth-order valence-corrected chi connectivity index (χ4v) is 1.58. The fraction of sp³-hybridized carbons (Fsp3) is 0.562. The molecule has 19 heavy (non-hydrogen) atoms. The summed E-state index contributed by atoms with van der Waals surface area (Å²) in [6, 6.07) is 0.0216. The predicted octanol–water partition coefficient (Wildman–Crippen LogP) is 1.91. The zero-order valence-corrected chi connectivity index (χ0v) is 12.6. The van der Waals surface area contributed by atoms with E-state index in [1.54, 1.807) is 6.21 Å². The first-order valence-electron chi connectivity index (χ1n) is 6.42. The topological polar surface area (TPSA) is 27.6 Å². The molecule has 3 nitrogen and oxygen atoms in total. The summed E-state index contributed by atoms with van der Waals surface area (Å²) in [6.45, 7) is 8.56. The summed E-state index contributed by atoms with van der Waals surface area (Å²) < 4.78 is 0. The van der Waals surface area contributed by atoms with Crippen LogP contribution in [0.4, 0.5) is 0 Å². The molecule has 0 aliphatic rings. The van der Waals surface area contributed by atoms with Gasteiger partial charge in [-0.3, -0.25) is 15.2 Å². The quantitative estimate of drug-likeness (QED) is 0.559. The number of likely N-dealkylation sites (N-methyl/N-ethyl adjacent to an activating group) is 1. The minimum atomic E-state index is -0.415. The molecule has 0 radical (unpaired) electrons. The van der Waals surface area contributed by atoms with Gasteiger partial charge in [-0.05, 0) is 40.8 Å². The lowest BCUT2D eigenvalue weighted by molar-refractivity contribution is 0.227. The van der Waals surface area contributed by atoms with Crippen molar-refractivity contribution < 1.29 is 0 Å². The SMILES string of the molecule is C#CCN(C)C(C)C(C#C)NC(C)(C)N=C/C=C\C. The maximum absolute atomic E-state index is 5.61. The first-order chi connectivity index (χ1) is 8.87. The van der Waals surface area contributed by atoms with Gasteiger partial charge in [0.1, 0.15) is 5.66 Å². The van der Waals surface area contributed by atoms with Gasteiger partial charge in [0.05, 0.1) is 12.6 Å². The van der Waals surface area contributed by atoms with Crippen LogP contribution in [0.25, 0.3) is 0 Å². The second-order valence-corrected chi connectivity index (χ2v) is 5.01. The van der Waals surface area contributed by atoms with Crippen LogP contribution in [0, 0.1) is 24.7 Å². The highest BCUT2D eigenvalue weighted by molar-refractivity contribution is 5.71. The van der Waals surface area contributed by atoms with Gasteiger partial charge in [-0.25, -0.2) is 0 Å². The minimum Gasteiger partial charge on any atom is -0.290 e. The summed E-state index contributed by atoms with van der Waals surface area (Å²) in [5.74, 6) is 5.40. The molecule has 0 bridgehead atoms. The number of nitrogens with zero attached hydrogens (tertiary/aromatic N) is 2. The maximum Gasteiger partial charge on any atom is 0.105 e. The second kappa shape index (κ2) is 8.53. The average molecular weight is 259 g/mol. The Morgan fingerprint density at radius 1 is 1.42 bits per heavy atom. The Kier molecular flexibility index (Phi) is 7.84. The van der Waals surface area contributed by atoms with Crippen molar-refractivity contribution in [2.24, 2.45) is 4.99 Å². The summed E-state index contributed by atoms with van der Waals surface area (Å²) in [4.78, 5) is 6.49. The molecule has 2 atom stereocenters. The number of allylic oxidation sites excluding steroid dienone is 2. The number of terminal acetylenes is 2. The molecule has 0 saturated carbocycles. The highest BCUT2D eigenvalue weighted by Gasteiger charge is 2.25. The molecule has 0 aliphatic carbocycles. The van der Waals surface area contributed by atoms with Gasteiger partial charge in [0.25, 0.3) is 0 Å². The van der Waals surface area contributed by atoms with Crippen molar-refractivity contribution in [3.8, 4) is 24.7 Å². The average Bonchev–Trinajstić information content (AvgIpc) is 2.35. The number of hydrogen-bond donors (Lipinski definition) is 1. The summed E-state index contributed by atoms with van der Waals surface area (Å²) in [6.07, 6.45) is 16.5. The summed E-state index contributed by atoms with van der Waals surface area (Å²) in [7, 11) is 1.96. The Labute approximate surface area is 118 Å². The first kappa shape index (κ1) is 17.4. The molecular weight excluding hydrogens is 234 g/mol. The van der Waals surface area contributed by atoms with Crippen molar-refractivity contribution in [3.05, 3.63) is 12.2 Å². The van der Waals surface area contributed by atoms with E-state index in [0.29, 0.717) is 6.54 Å². The molecule has 0 aromatic carbocycles. The highest BCUT2D eigenvalue weighted by Crippen LogP contribution is 2.09. The van der Waals surface area contributed by atoms with Gasteiger partial charge < -0.3 is 0 Å². The van der Waals surface area contributed by atoms with Crippen molar-refractivity contribution >= 4 is 6.21 Å². The van der Waals surface area contributed by atoms with E-state index < -0.39 is 5.66 Å². The minimum absolute atomic E-state index is 0.115. The standard InChI is InChI=1S/C16H25N3/c1-8-11-12-17-16(5,6)18-15(10-3)14(4)19(7)13-9-2/h2-3,8,11-12,14-15,18H,13H2,1,4-7H3/b11-8-,17-12?. The van der Waals surface area contributed by atoms with Gasteiger partial charge in [-0.15, -0.1) is 12.8 Å². The predicted molar refractivity (Wildman–Crippen MR) is 84.1 cm³/mol. The van der Waals surface area contributed by atoms with Crippen LogP contribution >= 0.6 is 0 Å². The molecule has 0 aromatic rings. The largest absolute Gasteiger partial charge is 0.290 e. The molecule has 0 saturated heterocycles. The maximum atomic E-state index is 5.61. The van der Waals surface area contributed by atoms with E-state index in [-0.39, 0.29) is 12.1 Å². The Balaban J connectivity index is 4.73. The lowest BCUT2D eigenvalue weighted by Crippen LogP contribution is -2.53. The number of aliphatic imine (C=N–C) groups is 1. The van der Waals surface area contributed by atoms with Crippen molar-refractivity contribution in [2.75, 3.05) is 13.6 Å². The molecule has 1 N–H and O–H groups in total. The first-order valence-corrected chi connectivity index (χ1v) is 6.42. The van der Waals surface area contributed by atoms with Crippen molar-refractivity contribution in [1.82, 2.24) is 10.2 Å². The van der Waals surface area contributed by atoms with Gasteiger partial charge in [0.15, 0.2) is 0 Å². The van der Waals surface area contributed by atoms with E-state index in [1.807, 2.05) is 44.9 Å². The molecule has 0 amide bonds. The van der Waals surface area contributed by atoms with Gasteiger partial charge >= 0.3 is 0 Å². The number of rotatable bonds is 7. The van der Waals surface area contributed by atoms with Crippen LogP contribution in [-0.2, 0) is 0 Å². The van der Waals surface area contributed by atoms with Crippen LogP contribution in [0.3, 0.4) is 0 Å². The van der Waals surface area contributed by atoms with Gasteiger partial charge in [-0.2, -0.15) is 0 Å². The molecule has 0 aromatic heterocycles. The molecule has 0 spiro atoms. The summed E-state index contributed by atoms with van der Waals surface area (Å²) >= 11 is 0. The summed E-state index contributed by atoms with van der Waals surface area (Å²) in [5, 5.41) is 3.36. The zero-order chi connectivity index (χ0) is 14.9. The molecule has 2 unspecified atom stereocenters. The van der Waals surface area contributed by atoms with Crippen LogP contribution in [0.2, 0.25) is 0 Å². The molecule has 0 heterocycles. The third-order valence-corrected chi connectivity index (χ3v) is 2.88. The van der Waals surface area contributed by atoms with E-state index in [2.05, 4.69) is 29.1 Å². The number of nitrogens with one attached hydrogen (secondary N) is 1. The normalized spacial score (nSPS) is 15.6. The van der Waals surface area contributed by atoms with Crippen LogP contribution in [-0.4, -0.2) is 42.5 Å². The van der Waals surface area contributed by atoms with Crippen molar-refractivity contribution in [3.63, 3.8) is 0 Å². The van der Waals surface area contributed by atoms with Crippen LogP contribution in [0.1, 0.15) is 27.7 Å². The Morgan fingerprint density at radius 2 is 2.05 bits per heavy atom.